The maximum Gasteiger partial charge on any atom is 0.191 e. The number of benzene rings is 2. The SMILES string of the molecule is CN=C(NCCS(=O)Cc1ccccc1)NC(C)c1ccc(Cl)cc1.I. The maximum atomic E-state index is 12.2. The first-order valence-electron chi connectivity index (χ1n) is 8.20. The van der Waals surface area contributed by atoms with Crippen LogP contribution in [0.1, 0.15) is 24.1 Å². The van der Waals surface area contributed by atoms with Crippen LogP contribution in [0.15, 0.2) is 59.6 Å². The van der Waals surface area contributed by atoms with Crippen LogP contribution >= 0.6 is 35.6 Å². The van der Waals surface area contributed by atoms with Gasteiger partial charge in [-0.25, -0.2) is 0 Å². The van der Waals surface area contributed by atoms with Crippen molar-refractivity contribution in [1.29, 1.82) is 0 Å². The summed E-state index contributed by atoms with van der Waals surface area (Å²) in [7, 11) is 0.826. The largest absolute Gasteiger partial charge is 0.355 e. The van der Waals surface area contributed by atoms with E-state index >= 15 is 0 Å². The van der Waals surface area contributed by atoms with Crippen LogP contribution in [-0.4, -0.2) is 29.5 Å². The number of nitrogens with zero attached hydrogens (tertiary/aromatic N) is 1. The van der Waals surface area contributed by atoms with Gasteiger partial charge >= 0.3 is 0 Å². The van der Waals surface area contributed by atoms with Gasteiger partial charge in [0.2, 0.25) is 0 Å². The predicted octanol–water partition coefficient (Wildman–Crippen LogP) is 4.13. The van der Waals surface area contributed by atoms with Gasteiger partial charge in [-0.2, -0.15) is 0 Å². The Morgan fingerprint density at radius 1 is 1.15 bits per heavy atom. The van der Waals surface area contributed by atoms with E-state index in [0.29, 0.717) is 24.0 Å². The number of hydrogen-bond donors (Lipinski definition) is 2. The van der Waals surface area contributed by atoms with Crippen molar-refractivity contribution in [3.63, 3.8) is 0 Å². The van der Waals surface area contributed by atoms with Crippen molar-refractivity contribution in [2.45, 2.75) is 18.7 Å². The van der Waals surface area contributed by atoms with Gasteiger partial charge in [0.25, 0.3) is 0 Å². The Hall–Kier alpha value is -1.12. The quantitative estimate of drug-likeness (QED) is 0.338. The Morgan fingerprint density at radius 2 is 1.81 bits per heavy atom. The Balaban J connectivity index is 0.00000338. The van der Waals surface area contributed by atoms with Gasteiger partial charge in [-0.15, -0.1) is 24.0 Å². The minimum atomic E-state index is -0.901. The van der Waals surface area contributed by atoms with Crippen molar-refractivity contribution >= 4 is 52.3 Å². The Morgan fingerprint density at radius 3 is 2.42 bits per heavy atom. The van der Waals surface area contributed by atoms with Crippen LogP contribution < -0.4 is 10.6 Å². The van der Waals surface area contributed by atoms with E-state index in [0.717, 1.165) is 16.1 Å². The lowest BCUT2D eigenvalue weighted by Crippen LogP contribution is -2.40. The van der Waals surface area contributed by atoms with Gasteiger partial charge in [0.1, 0.15) is 0 Å². The molecule has 0 aliphatic rings. The van der Waals surface area contributed by atoms with Crippen LogP contribution in [-0.2, 0) is 16.6 Å². The highest BCUT2D eigenvalue weighted by Gasteiger charge is 2.08. The van der Waals surface area contributed by atoms with Crippen molar-refractivity contribution in [1.82, 2.24) is 10.6 Å². The van der Waals surface area contributed by atoms with E-state index in [-0.39, 0.29) is 30.0 Å². The average molecular weight is 506 g/mol. The van der Waals surface area contributed by atoms with Gasteiger partial charge < -0.3 is 10.6 Å². The van der Waals surface area contributed by atoms with E-state index in [9.17, 15) is 4.21 Å². The van der Waals surface area contributed by atoms with E-state index in [1.807, 2.05) is 54.6 Å². The molecule has 4 nitrogen and oxygen atoms in total. The van der Waals surface area contributed by atoms with Crippen molar-refractivity contribution < 1.29 is 4.21 Å². The van der Waals surface area contributed by atoms with Gasteiger partial charge in [-0.3, -0.25) is 9.20 Å². The van der Waals surface area contributed by atoms with Crippen molar-refractivity contribution in [2.24, 2.45) is 4.99 Å². The lowest BCUT2D eigenvalue weighted by atomic mass is 10.1. The molecular formula is C19H25ClIN3OS. The van der Waals surface area contributed by atoms with Crippen molar-refractivity contribution in [3.8, 4) is 0 Å². The number of halogens is 2. The van der Waals surface area contributed by atoms with Gasteiger partial charge in [0, 0.05) is 40.9 Å². The van der Waals surface area contributed by atoms with Crippen LogP contribution in [0.2, 0.25) is 5.02 Å². The fraction of sp³-hybridized carbons (Fsp3) is 0.316. The van der Waals surface area contributed by atoms with Crippen LogP contribution in [0.3, 0.4) is 0 Å². The first-order chi connectivity index (χ1) is 12.1. The number of nitrogens with one attached hydrogen (secondary N) is 2. The summed E-state index contributed by atoms with van der Waals surface area (Å²) in [6.07, 6.45) is 0. The fourth-order valence-electron chi connectivity index (χ4n) is 2.35. The third-order valence-electron chi connectivity index (χ3n) is 3.74. The molecule has 0 spiro atoms. The normalized spacial score (nSPS) is 13.4. The summed E-state index contributed by atoms with van der Waals surface area (Å²) in [6, 6.07) is 17.7. The maximum absolute atomic E-state index is 12.2. The summed E-state index contributed by atoms with van der Waals surface area (Å²) in [5.74, 6) is 1.85. The number of hydrogen-bond acceptors (Lipinski definition) is 2. The lowest BCUT2D eigenvalue weighted by molar-refractivity contribution is 0.676. The van der Waals surface area contributed by atoms with E-state index in [4.69, 9.17) is 11.6 Å². The zero-order chi connectivity index (χ0) is 18.1. The summed E-state index contributed by atoms with van der Waals surface area (Å²) in [5, 5.41) is 7.26. The molecule has 0 bridgehead atoms. The molecule has 2 atom stereocenters. The zero-order valence-electron chi connectivity index (χ0n) is 14.9. The minimum Gasteiger partial charge on any atom is -0.355 e. The van der Waals surface area contributed by atoms with E-state index < -0.39 is 10.8 Å². The predicted molar refractivity (Wildman–Crippen MR) is 123 cm³/mol. The monoisotopic (exact) mass is 505 g/mol. The molecule has 0 amide bonds. The summed E-state index contributed by atoms with van der Waals surface area (Å²) in [6.45, 7) is 2.66. The Bertz CT molecular complexity index is 710. The van der Waals surface area contributed by atoms with E-state index in [1.165, 1.54) is 0 Å². The third kappa shape index (κ3) is 8.05. The van der Waals surface area contributed by atoms with Crippen LogP contribution in [0, 0.1) is 0 Å². The molecule has 0 aromatic heterocycles. The van der Waals surface area contributed by atoms with E-state index in [2.05, 4.69) is 22.5 Å². The highest BCUT2D eigenvalue weighted by molar-refractivity contribution is 14.0. The molecule has 0 fully saturated rings. The molecule has 2 unspecified atom stereocenters. The summed E-state index contributed by atoms with van der Waals surface area (Å²) >= 11 is 5.92. The molecular weight excluding hydrogens is 481 g/mol. The van der Waals surface area contributed by atoms with Crippen LogP contribution in [0.25, 0.3) is 0 Å². The molecule has 0 aliphatic heterocycles. The smallest absolute Gasteiger partial charge is 0.191 e. The second kappa shape index (κ2) is 12.3. The Labute approximate surface area is 180 Å². The standard InChI is InChI=1S/C19H24ClN3OS.HI/c1-15(17-8-10-18(20)11-9-17)23-19(21-2)22-12-13-25(24)14-16-6-4-3-5-7-16;/h3-11,15H,12-14H2,1-2H3,(H2,21,22,23);1H. The summed E-state index contributed by atoms with van der Waals surface area (Å²) < 4.78 is 12.2. The molecule has 2 aromatic carbocycles. The molecule has 142 valence electrons. The third-order valence-corrected chi connectivity index (χ3v) is 5.31. The molecule has 2 aromatic rings. The van der Waals surface area contributed by atoms with Crippen molar-refractivity contribution in [3.05, 3.63) is 70.7 Å². The molecule has 0 radical (unpaired) electrons. The highest BCUT2D eigenvalue weighted by Crippen LogP contribution is 2.15. The van der Waals surface area contributed by atoms with Crippen LogP contribution in [0.4, 0.5) is 0 Å². The highest BCUT2D eigenvalue weighted by atomic mass is 127. The van der Waals surface area contributed by atoms with Crippen LogP contribution in [0.5, 0.6) is 0 Å². The second-order valence-corrected chi connectivity index (χ2v) is 7.70. The summed E-state index contributed by atoms with van der Waals surface area (Å²) in [4.78, 5) is 4.22. The van der Waals surface area contributed by atoms with Gasteiger partial charge in [-0.05, 0) is 30.2 Å². The Kier molecular flexibility index (Phi) is 10.8. The number of rotatable bonds is 7. The van der Waals surface area contributed by atoms with Gasteiger partial charge in [-0.1, -0.05) is 54.1 Å². The topological polar surface area (TPSA) is 53.5 Å². The molecule has 2 N–H and O–H groups in total. The average Bonchev–Trinajstić information content (AvgIpc) is 2.62. The fourth-order valence-corrected chi connectivity index (χ4v) is 3.51. The molecule has 26 heavy (non-hydrogen) atoms. The molecule has 0 saturated heterocycles. The molecule has 0 saturated carbocycles. The minimum absolute atomic E-state index is 0. The first-order valence-corrected chi connectivity index (χ1v) is 10.1. The first kappa shape index (κ1) is 22.9. The number of guanidine groups is 1. The second-order valence-electron chi connectivity index (χ2n) is 5.69. The zero-order valence-corrected chi connectivity index (χ0v) is 18.8. The van der Waals surface area contributed by atoms with E-state index in [1.54, 1.807) is 7.05 Å². The molecule has 0 heterocycles. The van der Waals surface area contributed by atoms with Gasteiger partial charge in [0.05, 0.1) is 6.04 Å². The molecule has 0 aliphatic carbocycles. The molecule has 2 rings (SSSR count). The lowest BCUT2D eigenvalue weighted by Gasteiger charge is -2.18. The van der Waals surface area contributed by atoms with Crippen molar-refractivity contribution in [2.75, 3.05) is 19.3 Å². The number of aliphatic imine (C=N–C) groups is 1. The summed E-state index contributed by atoms with van der Waals surface area (Å²) in [5.41, 5.74) is 2.22. The molecule has 7 heteroatoms. The van der Waals surface area contributed by atoms with Gasteiger partial charge in [0.15, 0.2) is 5.96 Å².